The molecule has 3 rings (SSSR count). The number of aliphatic carboxylic acids is 1. The highest BCUT2D eigenvalue weighted by atomic mass is 35.5. The van der Waals surface area contributed by atoms with E-state index < -0.39 is 41.7 Å². The van der Waals surface area contributed by atoms with E-state index in [4.69, 9.17) is 30.5 Å². The van der Waals surface area contributed by atoms with Crippen LogP contribution in [0.4, 0.5) is 4.39 Å². The number of halogens is 2. The van der Waals surface area contributed by atoms with Crippen molar-refractivity contribution in [2.75, 3.05) is 13.2 Å². The third-order valence-corrected chi connectivity index (χ3v) is 6.92. The van der Waals surface area contributed by atoms with Gasteiger partial charge in [-0.05, 0) is 30.2 Å². The maximum Gasteiger partial charge on any atom is 0.332 e. The van der Waals surface area contributed by atoms with Gasteiger partial charge in [0.05, 0.1) is 5.57 Å². The van der Waals surface area contributed by atoms with Gasteiger partial charge in [-0.3, -0.25) is 9.59 Å². The zero-order valence-electron chi connectivity index (χ0n) is 18.0. The quantitative estimate of drug-likeness (QED) is 0.534. The highest BCUT2D eigenvalue weighted by molar-refractivity contribution is 7.99. The molecule has 1 aromatic rings. The molecule has 1 aromatic carbocycles. The summed E-state index contributed by atoms with van der Waals surface area (Å²) in [6, 6.07) is 4.09. The highest BCUT2D eigenvalue weighted by Crippen LogP contribution is 2.43. The van der Waals surface area contributed by atoms with E-state index in [1.54, 1.807) is 6.07 Å². The minimum absolute atomic E-state index is 0.101. The number of benzene rings is 1. The van der Waals surface area contributed by atoms with Gasteiger partial charge in [0.2, 0.25) is 0 Å². The first kappa shape index (κ1) is 25.5. The van der Waals surface area contributed by atoms with Crippen LogP contribution in [0.25, 0.3) is 0 Å². The van der Waals surface area contributed by atoms with Crippen LogP contribution in [-0.4, -0.2) is 59.5 Å². The van der Waals surface area contributed by atoms with Gasteiger partial charge < -0.3 is 24.1 Å². The molecule has 1 heterocycles. The molecule has 3 atom stereocenters. The monoisotopic (exact) mass is 502 g/mol. The molecule has 1 saturated heterocycles. The number of carboxylic acid groups (broad SMARTS) is 1. The molecule has 1 N–H and O–H groups in total. The summed E-state index contributed by atoms with van der Waals surface area (Å²) in [6.07, 6.45) is 0.717. The Morgan fingerprint density at radius 2 is 1.79 bits per heavy atom. The van der Waals surface area contributed by atoms with E-state index in [2.05, 4.69) is 0 Å². The fraction of sp³-hybridized carbons (Fsp3) is 0.500. The van der Waals surface area contributed by atoms with E-state index in [1.807, 2.05) is 0 Å². The molecule has 0 bridgehead atoms. The first-order valence-corrected chi connectivity index (χ1v) is 11.6. The van der Waals surface area contributed by atoms with E-state index in [0.717, 1.165) is 0 Å². The Hall–Kier alpha value is -2.14. The molecule has 0 saturated carbocycles. The van der Waals surface area contributed by atoms with Crippen LogP contribution in [0, 0.1) is 5.82 Å². The van der Waals surface area contributed by atoms with Crippen LogP contribution in [-0.2, 0) is 39.1 Å². The number of carbonyl (C=O) groups excluding carboxylic acids is 2. The summed E-state index contributed by atoms with van der Waals surface area (Å²) in [4.78, 5) is 34.5. The molecule has 0 aromatic heterocycles. The molecule has 1 fully saturated rings. The molecule has 1 aliphatic heterocycles. The number of rotatable bonds is 8. The van der Waals surface area contributed by atoms with Gasteiger partial charge in [-0.1, -0.05) is 17.7 Å². The van der Waals surface area contributed by atoms with Crippen molar-refractivity contribution in [1.29, 1.82) is 0 Å². The number of hydrogen-bond acceptors (Lipinski definition) is 8. The Balaban J connectivity index is 1.76. The van der Waals surface area contributed by atoms with Gasteiger partial charge in [-0.15, -0.1) is 11.8 Å². The van der Waals surface area contributed by atoms with Crippen LogP contribution in [0.5, 0.6) is 0 Å². The normalized spacial score (nSPS) is 23.8. The van der Waals surface area contributed by atoms with Crippen LogP contribution >= 0.6 is 23.4 Å². The Morgan fingerprint density at radius 1 is 1.18 bits per heavy atom. The number of carboxylic acids is 1. The number of ether oxygens (including phenoxy) is 4. The van der Waals surface area contributed by atoms with Crippen molar-refractivity contribution in [3.63, 3.8) is 0 Å². The molecule has 0 amide bonds. The molecular weight excluding hydrogens is 479 g/mol. The van der Waals surface area contributed by atoms with E-state index in [0.29, 0.717) is 24.2 Å². The van der Waals surface area contributed by atoms with Gasteiger partial charge in [-0.25, -0.2) is 9.18 Å². The average Bonchev–Trinajstić information content (AvgIpc) is 3.07. The van der Waals surface area contributed by atoms with E-state index in [-0.39, 0.29) is 29.1 Å². The van der Waals surface area contributed by atoms with E-state index in [1.165, 1.54) is 43.8 Å². The third kappa shape index (κ3) is 6.69. The predicted octanol–water partition coefficient (Wildman–Crippen LogP) is 3.49. The average molecular weight is 503 g/mol. The van der Waals surface area contributed by atoms with Gasteiger partial charge in [0.25, 0.3) is 0 Å². The fourth-order valence-corrected chi connectivity index (χ4v) is 5.23. The summed E-state index contributed by atoms with van der Waals surface area (Å²) in [5.41, 5.74) is 0.799. The minimum atomic E-state index is -1.34. The summed E-state index contributed by atoms with van der Waals surface area (Å²) in [6.45, 7) is 2.26. The van der Waals surface area contributed by atoms with Crippen LogP contribution in [0.1, 0.15) is 32.3 Å². The first-order valence-electron chi connectivity index (χ1n) is 10.2. The van der Waals surface area contributed by atoms with E-state index >= 15 is 0 Å². The van der Waals surface area contributed by atoms with Gasteiger partial charge in [0.1, 0.15) is 31.2 Å². The van der Waals surface area contributed by atoms with Gasteiger partial charge >= 0.3 is 17.9 Å². The summed E-state index contributed by atoms with van der Waals surface area (Å²) < 4.78 is 35.4. The highest BCUT2D eigenvalue weighted by Gasteiger charge is 2.50. The van der Waals surface area contributed by atoms with Crippen molar-refractivity contribution in [2.45, 2.75) is 55.7 Å². The zero-order chi connectivity index (χ0) is 24.2. The summed E-state index contributed by atoms with van der Waals surface area (Å²) >= 11 is 7.46. The number of carbonyl (C=O) groups is 3. The fourth-order valence-electron chi connectivity index (χ4n) is 3.65. The largest absolute Gasteiger partial charge is 0.478 e. The van der Waals surface area contributed by atoms with Gasteiger partial charge in [0.15, 0.2) is 5.79 Å². The standard InChI is InChI=1S/C22H24ClFO8S/c1-12(25)29-9-18-19(10-30-13(2)26)32-22(31-18)6-5-20(16(8-22)21(27)28)33-11-14-3-4-15(24)7-17(14)23/h3-4,7-8,18-20H,5-6,9-11H2,1-2H3,(H,27,28)/t18-,19-,20?/m1/s1. The molecule has 180 valence electrons. The minimum Gasteiger partial charge on any atom is -0.478 e. The molecule has 1 unspecified atom stereocenters. The van der Waals surface area contributed by atoms with Crippen molar-refractivity contribution in [1.82, 2.24) is 0 Å². The van der Waals surface area contributed by atoms with Crippen molar-refractivity contribution >= 4 is 41.3 Å². The maximum absolute atomic E-state index is 13.3. The SMILES string of the molecule is CC(=O)OC[C@H]1OC2(C=C(C(=O)O)C(SCc3ccc(F)cc3Cl)CC2)O[C@@H]1COC(C)=O. The Kier molecular flexibility index (Phi) is 8.38. The van der Waals surface area contributed by atoms with Crippen LogP contribution in [0.3, 0.4) is 0 Å². The van der Waals surface area contributed by atoms with Crippen LogP contribution in [0.2, 0.25) is 5.02 Å². The molecular formula is C22H24ClFO8S. The molecule has 33 heavy (non-hydrogen) atoms. The van der Waals surface area contributed by atoms with Crippen molar-refractivity contribution in [2.24, 2.45) is 0 Å². The molecule has 0 radical (unpaired) electrons. The summed E-state index contributed by atoms with van der Waals surface area (Å²) in [7, 11) is 0. The summed E-state index contributed by atoms with van der Waals surface area (Å²) in [5, 5.41) is 9.72. The number of thioether (sulfide) groups is 1. The predicted molar refractivity (Wildman–Crippen MR) is 117 cm³/mol. The van der Waals surface area contributed by atoms with E-state index in [9.17, 15) is 23.9 Å². The lowest BCUT2D eigenvalue weighted by molar-refractivity contribution is -0.162. The third-order valence-electron chi connectivity index (χ3n) is 5.20. The zero-order valence-corrected chi connectivity index (χ0v) is 19.6. The topological polar surface area (TPSA) is 108 Å². The number of hydrogen-bond donors (Lipinski definition) is 1. The first-order chi connectivity index (χ1) is 15.6. The van der Waals surface area contributed by atoms with Crippen LogP contribution in [0.15, 0.2) is 29.8 Å². The molecule has 2 aliphatic rings. The second-order valence-electron chi connectivity index (χ2n) is 7.71. The maximum atomic E-state index is 13.3. The van der Waals surface area contributed by atoms with Crippen molar-refractivity contribution in [3.8, 4) is 0 Å². The van der Waals surface area contributed by atoms with Gasteiger partial charge in [-0.2, -0.15) is 0 Å². The number of esters is 2. The molecule has 1 spiro atoms. The van der Waals surface area contributed by atoms with Crippen molar-refractivity contribution in [3.05, 3.63) is 46.3 Å². The lowest BCUT2D eigenvalue weighted by Crippen LogP contribution is -2.37. The van der Waals surface area contributed by atoms with Crippen LogP contribution < -0.4 is 0 Å². The lowest BCUT2D eigenvalue weighted by atomic mass is 9.94. The Morgan fingerprint density at radius 3 is 2.30 bits per heavy atom. The molecule has 1 aliphatic carbocycles. The Bertz CT molecular complexity index is 926. The second-order valence-corrected chi connectivity index (χ2v) is 9.31. The second kappa shape index (κ2) is 10.9. The summed E-state index contributed by atoms with van der Waals surface area (Å²) in [5.74, 6) is -3.52. The molecule has 8 nitrogen and oxygen atoms in total. The smallest absolute Gasteiger partial charge is 0.332 e. The van der Waals surface area contributed by atoms with Gasteiger partial charge in [0, 0.05) is 36.3 Å². The lowest BCUT2D eigenvalue weighted by Gasteiger charge is -2.33. The van der Waals surface area contributed by atoms with Crippen molar-refractivity contribution < 1.29 is 42.8 Å². The Labute approximate surface area is 199 Å². The molecule has 11 heteroatoms.